The predicted octanol–water partition coefficient (Wildman–Crippen LogP) is 2.51. The molecule has 0 fully saturated rings. The maximum absolute atomic E-state index is 12.8. The zero-order valence-corrected chi connectivity index (χ0v) is 15.6. The minimum Gasteiger partial charge on any atom is -0.497 e. The molecule has 1 aromatic heterocycles. The molecule has 8 heteroatoms. The smallest absolute Gasteiger partial charge is 0.298 e. The van der Waals surface area contributed by atoms with Crippen LogP contribution in [0.5, 0.6) is 17.2 Å². The second-order valence-corrected chi connectivity index (χ2v) is 5.68. The number of hydrogen-bond donors (Lipinski definition) is 1. The second-order valence-electron chi connectivity index (χ2n) is 5.68. The summed E-state index contributed by atoms with van der Waals surface area (Å²) in [5.74, 6) is 1.00. The van der Waals surface area contributed by atoms with Crippen molar-refractivity contribution < 1.29 is 19.0 Å². The van der Waals surface area contributed by atoms with E-state index in [0.29, 0.717) is 28.5 Å². The quantitative estimate of drug-likeness (QED) is 0.705. The highest BCUT2D eigenvalue weighted by molar-refractivity contribution is 6.03. The maximum atomic E-state index is 12.8. The van der Waals surface area contributed by atoms with Gasteiger partial charge in [0.2, 0.25) is 0 Å². The van der Waals surface area contributed by atoms with Crippen LogP contribution in [0.3, 0.4) is 0 Å². The van der Waals surface area contributed by atoms with E-state index < -0.39 is 11.5 Å². The number of nitrogens with one attached hydrogen (secondary N) is 1. The van der Waals surface area contributed by atoms with E-state index in [1.165, 1.54) is 38.3 Å². The molecule has 1 N–H and O–H groups in total. The Morgan fingerprint density at radius 2 is 1.79 bits per heavy atom. The molecule has 0 saturated heterocycles. The molecule has 1 amide bonds. The molecule has 2 aromatic carbocycles. The van der Waals surface area contributed by atoms with Crippen molar-refractivity contribution in [3.8, 4) is 22.9 Å². The molecular weight excluding hydrogens is 362 g/mol. The number of carbonyl (C=O) groups is 1. The number of rotatable bonds is 6. The highest BCUT2D eigenvalue weighted by Gasteiger charge is 2.14. The van der Waals surface area contributed by atoms with Crippen molar-refractivity contribution in [3.63, 3.8) is 0 Å². The summed E-state index contributed by atoms with van der Waals surface area (Å²) in [6.45, 7) is 0. The van der Waals surface area contributed by atoms with Crippen LogP contribution in [0.25, 0.3) is 5.69 Å². The summed E-state index contributed by atoms with van der Waals surface area (Å²) < 4.78 is 17.0. The molecule has 8 nitrogen and oxygen atoms in total. The molecule has 0 bridgehead atoms. The van der Waals surface area contributed by atoms with Gasteiger partial charge in [-0.05, 0) is 30.3 Å². The van der Waals surface area contributed by atoms with E-state index in [9.17, 15) is 9.59 Å². The van der Waals surface area contributed by atoms with Gasteiger partial charge in [0.05, 0.1) is 27.0 Å². The number of ether oxygens (including phenoxy) is 3. The van der Waals surface area contributed by atoms with Crippen LogP contribution in [0.2, 0.25) is 0 Å². The standard InChI is InChI=1S/C20H19N3O5/c1-26-15-6-4-5-13(11-15)19(24)22-18-20(25)23(10-9-21-18)14-7-8-16(27-2)17(12-14)28-3/h4-12H,1-3H3,(H,21,22,24). The number of amides is 1. The molecule has 0 radical (unpaired) electrons. The second kappa shape index (κ2) is 8.26. The van der Waals surface area contributed by atoms with E-state index in [2.05, 4.69) is 10.3 Å². The van der Waals surface area contributed by atoms with E-state index in [1.807, 2.05) is 0 Å². The first-order valence-electron chi connectivity index (χ1n) is 8.33. The monoisotopic (exact) mass is 381 g/mol. The van der Waals surface area contributed by atoms with Crippen LogP contribution >= 0.6 is 0 Å². The van der Waals surface area contributed by atoms with Gasteiger partial charge in [0.25, 0.3) is 11.5 Å². The molecule has 144 valence electrons. The van der Waals surface area contributed by atoms with Crippen molar-refractivity contribution in [2.75, 3.05) is 26.6 Å². The number of nitrogens with zero attached hydrogens (tertiary/aromatic N) is 2. The fraction of sp³-hybridized carbons (Fsp3) is 0.150. The Bertz CT molecular complexity index is 1060. The van der Waals surface area contributed by atoms with Crippen LogP contribution in [0, 0.1) is 0 Å². The third-order valence-corrected chi connectivity index (χ3v) is 4.05. The van der Waals surface area contributed by atoms with Crippen molar-refractivity contribution in [1.82, 2.24) is 9.55 Å². The first-order chi connectivity index (χ1) is 13.6. The van der Waals surface area contributed by atoms with Gasteiger partial charge in [-0.3, -0.25) is 14.2 Å². The van der Waals surface area contributed by atoms with Gasteiger partial charge in [-0.2, -0.15) is 0 Å². The molecule has 0 aliphatic heterocycles. The van der Waals surface area contributed by atoms with Gasteiger partial charge in [-0.15, -0.1) is 0 Å². The molecule has 28 heavy (non-hydrogen) atoms. The van der Waals surface area contributed by atoms with Gasteiger partial charge in [0, 0.05) is 24.0 Å². The lowest BCUT2D eigenvalue weighted by Gasteiger charge is -2.12. The number of hydrogen-bond acceptors (Lipinski definition) is 6. The summed E-state index contributed by atoms with van der Waals surface area (Å²) in [6, 6.07) is 11.7. The molecule has 3 rings (SSSR count). The highest BCUT2D eigenvalue weighted by atomic mass is 16.5. The average Bonchev–Trinajstić information content (AvgIpc) is 2.74. The predicted molar refractivity (Wildman–Crippen MR) is 104 cm³/mol. The average molecular weight is 381 g/mol. The summed E-state index contributed by atoms with van der Waals surface area (Å²) in [5, 5.41) is 2.54. The Morgan fingerprint density at radius 1 is 1.00 bits per heavy atom. The third-order valence-electron chi connectivity index (χ3n) is 4.05. The first kappa shape index (κ1) is 19.0. The van der Waals surface area contributed by atoms with Crippen LogP contribution in [0.15, 0.2) is 59.7 Å². The highest BCUT2D eigenvalue weighted by Crippen LogP contribution is 2.28. The van der Waals surface area contributed by atoms with Gasteiger partial charge in [-0.1, -0.05) is 6.07 Å². The van der Waals surface area contributed by atoms with E-state index in [1.54, 1.807) is 42.5 Å². The van der Waals surface area contributed by atoms with E-state index in [4.69, 9.17) is 14.2 Å². The Morgan fingerprint density at radius 3 is 2.50 bits per heavy atom. The number of methoxy groups -OCH3 is 3. The SMILES string of the molecule is COc1cccc(C(=O)Nc2nccn(-c3ccc(OC)c(OC)c3)c2=O)c1. The Labute approximate surface area is 161 Å². The lowest BCUT2D eigenvalue weighted by atomic mass is 10.2. The summed E-state index contributed by atoms with van der Waals surface area (Å²) >= 11 is 0. The van der Waals surface area contributed by atoms with Gasteiger partial charge < -0.3 is 19.5 Å². The lowest BCUT2D eigenvalue weighted by molar-refractivity contribution is 0.102. The molecule has 0 spiro atoms. The molecule has 0 aliphatic carbocycles. The van der Waals surface area contributed by atoms with Gasteiger partial charge in [0.15, 0.2) is 17.3 Å². The van der Waals surface area contributed by atoms with E-state index in [-0.39, 0.29) is 5.82 Å². The van der Waals surface area contributed by atoms with Crippen molar-refractivity contribution in [3.05, 3.63) is 70.8 Å². The molecule has 0 aliphatic rings. The van der Waals surface area contributed by atoms with Crippen LogP contribution < -0.4 is 25.1 Å². The Kier molecular flexibility index (Phi) is 5.59. The van der Waals surface area contributed by atoms with Crippen LogP contribution in [-0.2, 0) is 0 Å². The van der Waals surface area contributed by atoms with Gasteiger partial charge in [-0.25, -0.2) is 4.98 Å². The van der Waals surface area contributed by atoms with Crippen molar-refractivity contribution in [2.24, 2.45) is 0 Å². The number of anilines is 1. The number of benzene rings is 2. The minimum atomic E-state index is -0.481. The van der Waals surface area contributed by atoms with Gasteiger partial charge in [0.1, 0.15) is 5.75 Å². The maximum Gasteiger partial charge on any atom is 0.298 e. The summed E-state index contributed by atoms with van der Waals surface area (Å²) in [4.78, 5) is 29.3. The van der Waals surface area contributed by atoms with Gasteiger partial charge >= 0.3 is 0 Å². The fourth-order valence-electron chi connectivity index (χ4n) is 2.62. The summed E-state index contributed by atoms with van der Waals surface area (Å²) in [7, 11) is 4.55. The van der Waals surface area contributed by atoms with Crippen LogP contribution in [0.4, 0.5) is 5.82 Å². The zero-order valence-electron chi connectivity index (χ0n) is 15.6. The summed E-state index contributed by atoms with van der Waals surface area (Å²) in [5.41, 5.74) is 0.412. The molecule has 0 unspecified atom stereocenters. The third kappa shape index (κ3) is 3.80. The zero-order chi connectivity index (χ0) is 20.1. The number of carbonyl (C=O) groups excluding carboxylic acids is 1. The fourth-order valence-corrected chi connectivity index (χ4v) is 2.62. The van der Waals surface area contributed by atoms with Crippen LogP contribution in [-0.4, -0.2) is 36.8 Å². The molecule has 3 aromatic rings. The lowest BCUT2D eigenvalue weighted by Crippen LogP contribution is -2.26. The van der Waals surface area contributed by atoms with Crippen molar-refractivity contribution in [1.29, 1.82) is 0 Å². The molecule has 0 atom stereocenters. The summed E-state index contributed by atoms with van der Waals surface area (Å²) in [6.07, 6.45) is 2.93. The first-order valence-corrected chi connectivity index (χ1v) is 8.33. The van der Waals surface area contributed by atoms with Crippen LogP contribution in [0.1, 0.15) is 10.4 Å². The molecule has 0 saturated carbocycles. The molecular formula is C20H19N3O5. The Hall–Kier alpha value is -3.81. The Balaban J connectivity index is 1.93. The van der Waals surface area contributed by atoms with E-state index >= 15 is 0 Å². The topological polar surface area (TPSA) is 91.7 Å². The van der Waals surface area contributed by atoms with E-state index in [0.717, 1.165) is 0 Å². The number of aromatic nitrogens is 2. The minimum absolute atomic E-state index is 0.0925. The van der Waals surface area contributed by atoms with Crippen molar-refractivity contribution in [2.45, 2.75) is 0 Å². The normalized spacial score (nSPS) is 10.2. The largest absolute Gasteiger partial charge is 0.497 e. The van der Waals surface area contributed by atoms with Crippen molar-refractivity contribution >= 4 is 11.7 Å². The molecule has 1 heterocycles.